The summed E-state index contributed by atoms with van der Waals surface area (Å²) in [4.78, 5) is 40.2. The number of carbonyl (C=O) groups excluding carboxylic acids is 2. The average Bonchev–Trinajstić information content (AvgIpc) is 2.93. The summed E-state index contributed by atoms with van der Waals surface area (Å²) in [5, 5.41) is 11.0. The van der Waals surface area contributed by atoms with Crippen molar-refractivity contribution >= 4 is 35.5 Å². The van der Waals surface area contributed by atoms with Crippen LogP contribution in [-0.4, -0.2) is 61.4 Å². The van der Waals surface area contributed by atoms with Gasteiger partial charge in [0.05, 0.1) is 48.4 Å². The number of benzene rings is 1. The third kappa shape index (κ3) is 8.01. The summed E-state index contributed by atoms with van der Waals surface area (Å²) in [5.74, 6) is 0.508. The van der Waals surface area contributed by atoms with Gasteiger partial charge in [0.15, 0.2) is 0 Å². The van der Waals surface area contributed by atoms with Gasteiger partial charge in [-0.2, -0.15) is 0 Å². The second-order valence-corrected chi connectivity index (χ2v) is 7.53. The highest BCUT2D eigenvalue weighted by Gasteiger charge is 2.09. The molecule has 12 nitrogen and oxygen atoms in total. The van der Waals surface area contributed by atoms with Crippen molar-refractivity contribution in [3.63, 3.8) is 0 Å². The number of ether oxygens (including phenoxy) is 2. The lowest BCUT2D eigenvalue weighted by Crippen LogP contribution is -2.36. The minimum Gasteiger partial charge on any atom is -0.450 e. The first kappa shape index (κ1) is 27.6. The fraction of sp³-hybridized carbons (Fsp3) is 0.231. The Morgan fingerprint density at radius 2 is 1.08 bits per heavy atom. The number of aliphatic imine (C=N–C) groups is 2. The zero-order valence-electron chi connectivity index (χ0n) is 21.6. The number of nitrogens with zero attached hydrogens (tertiary/aromatic N) is 4. The van der Waals surface area contributed by atoms with Gasteiger partial charge < -0.3 is 20.1 Å². The minimum absolute atomic E-state index is 0.254. The third-order valence-corrected chi connectivity index (χ3v) is 4.97. The normalized spacial score (nSPS) is 11.4. The monoisotopic (exact) mass is 518 g/mol. The Labute approximate surface area is 220 Å². The van der Waals surface area contributed by atoms with Crippen molar-refractivity contribution in [2.45, 2.75) is 13.8 Å². The maximum absolute atomic E-state index is 11.6. The number of anilines is 2. The second-order valence-electron chi connectivity index (χ2n) is 7.53. The molecule has 0 aliphatic rings. The number of carbonyl (C=O) groups is 2. The zero-order valence-corrected chi connectivity index (χ0v) is 21.6. The first-order chi connectivity index (χ1) is 18.4. The summed E-state index contributed by atoms with van der Waals surface area (Å²) in [7, 11) is 3.11. The Kier molecular flexibility index (Phi) is 10.1. The second kappa shape index (κ2) is 13.9. The maximum Gasteiger partial charge on any atom is 0.413 e. The molecule has 0 spiro atoms. The van der Waals surface area contributed by atoms with Crippen molar-refractivity contribution in [1.29, 1.82) is 0 Å². The molecule has 198 valence electrons. The highest BCUT2D eigenvalue weighted by atomic mass is 16.6. The number of hydrogen-bond acceptors (Lipinski definition) is 8. The maximum atomic E-state index is 11.6. The largest absolute Gasteiger partial charge is 0.450 e. The molecule has 0 radical (unpaired) electrons. The molecule has 1 aromatic carbocycles. The Balaban J connectivity index is 1.62. The fourth-order valence-corrected chi connectivity index (χ4v) is 3.18. The summed E-state index contributed by atoms with van der Waals surface area (Å²) in [5.41, 5.74) is 4.75. The molecule has 0 aliphatic heterocycles. The molecule has 4 N–H and O–H groups in total. The molecule has 0 aliphatic carbocycles. The molecular weight excluding hydrogens is 488 g/mol. The summed E-state index contributed by atoms with van der Waals surface area (Å²) in [6.45, 7) is 3.98. The summed E-state index contributed by atoms with van der Waals surface area (Å²) in [6, 6.07) is 15.3. The molecule has 0 fully saturated rings. The van der Waals surface area contributed by atoms with Gasteiger partial charge >= 0.3 is 12.2 Å². The number of rotatable bonds is 6. The Morgan fingerprint density at radius 1 is 0.684 bits per heavy atom. The molecule has 0 saturated carbocycles. The van der Waals surface area contributed by atoms with E-state index in [1.165, 1.54) is 0 Å². The standard InChI is InChI=1S/C26H30N8O4/c1-5-37-25(35)33-23(27-3)31-19-11-13-21(29-15-19)17-7-9-18(10-8-17)22-14-12-20(16-30-22)32-24(28-4)34-26(36)38-6-2/h7-16H,5-6H2,1-4H3,(H2,27,31,33,35)(H2,28,32,34,36). The van der Waals surface area contributed by atoms with Crippen LogP contribution in [0.2, 0.25) is 0 Å². The Hall–Kier alpha value is -5.00. The van der Waals surface area contributed by atoms with Crippen LogP contribution in [0.5, 0.6) is 0 Å². The number of guanidine groups is 2. The SMILES string of the molecule is CCOC(=O)NC(=NC)Nc1ccc(-c2ccc(-c3ccc(NC(=NC)NC(=O)OCC)cn3)cc2)nc1. The van der Waals surface area contributed by atoms with Gasteiger partial charge in [-0.3, -0.25) is 30.6 Å². The third-order valence-electron chi connectivity index (χ3n) is 4.97. The van der Waals surface area contributed by atoms with Crippen LogP contribution in [0.1, 0.15) is 13.8 Å². The van der Waals surface area contributed by atoms with Crippen LogP contribution in [-0.2, 0) is 9.47 Å². The molecule has 2 amide bonds. The van der Waals surface area contributed by atoms with E-state index in [1.807, 2.05) is 48.5 Å². The van der Waals surface area contributed by atoms with Gasteiger partial charge in [0.1, 0.15) is 0 Å². The lowest BCUT2D eigenvalue weighted by Gasteiger charge is -2.11. The van der Waals surface area contributed by atoms with Gasteiger partial charge in [-0.1, -0.05) is 24.3 Å². The molecule has 0 bridgehead atoms. The summed E-state index contributed by atoms with van der Waals surface area (Å²) < 4.78 is 9.72. The number of pyridine rings is 2. The van der Waals surface area contributed by atoms with Gasteiger partial charge in [0, 0.05) is 25.2 Å². The smallest absolute Gasteiger partial charge is 0.413 e. The van der Waals surface area contributed by atoms with Crippen molar-refractivity contribution in [3.8, 4) is 22.5 Å². The molecule has 3 aromatic rings. The first-order valence-corrected chi connectivity index (χ1v) is 11.8. The van der Waals surface area contributed by atoms with Gasteiger partial charge in [-0.15, -0.1) is 0 Å². The summed E-state index contributed by atoms with van der Waals surface area (Å²) in [6.07, 6.45) is 2.13. The number of nitrogens with one attached hydrogen (secondary N) is 4. The lowest BCUT2D eigenvalue weighted by atomic mass is 10.1. The van der Waals surface area contributed by atoms with E-state index < -0.39 is 12.2 Å². The van der Waals surface area contributed by atoms with Gasteiger partial charge in [-0.25, -0.2) is 9.59 Å². The van der Waals surface area contributed by atoms with E-state index in [9.17, 15) is 9.59 Å². The number of aromatic nitrogens is 2. The van der Waals surface area contributed by atoms with E-state index in [4.69, 9.17) is 9.47 Å². The molecule has 0 atom stereocenters. The van der Waals surface area contributed by atoms with Gasteiger partial charge in [0.2, 0.25) is 11.9 Å². The Bertz CT molecular complexity index is 1170. The predicted octanol–water partition coefficient (Wildman–Crippen LogP) is 4.10. The van der Waals surface area contributed by atoms with Gasteiger partial charge in [-0.05, 0) is 38.1 Å². The number of amides is 2. The van der Waals surface area contributed by atoms with Crippen molar-refractivity contribution in [2.24, 2.45) is 9.98 Å². The molecule has 2 aromatic heterocycles. The van der Waals surface area contributed by atoms with Crippen molar-refractivity contribution < 1.29 is 19.1 Å². The van der Waals surface area contributed by atoms with Crippen molar-refractivity contribution in [2.75, 3.05) is 37.9 Å². The van der Waals surface area contributed by atoms with Crippen LogP contribution in [0, 0.1) is 0 Å². The van der Waals surface area contributed by atoms with Crippen molar-refractivity contribution in [1.82, 2.24) is 20.6 Å². The molecule has 2 heterocycles. The molecular formula is C26H30N8O4. The van der Waals surface area contributed by atoms with E-state index in [-0.39, 0.29) is 25.1 Å². The summed E-state index contributed by atoms with van der Waals surface area (Å²) >= 11 is 0. The lowest BCUT2D eigenvalue weighted by molar-refractivity contribution is 0.156. The van der Waals surface area contributed by atoms with Gasteiger partial charge in [0.25, 0.3) is 0 Å². The van der Waals surface area contributed by atoms with Crippen molar-refractivity contribution in [3.05, 3.63) is 60.9 Å². The topological polar surface area (TPSA) is 151 Å². The Morgan fingerprint density at radius 3 is 1.37 bits per heavy atom. The minimum atomic E-state index is -0.587. The predicted molar refractivity (Wildman–Crippen MR) is 147 cm³/mol. The van der Waals surface area contributed by atoms with Crippen LogP contribution in [0.15, 0.2) is 70.9 Å². The van der Waals surface area contributed by atoms with E-state index in [0.29, 0.717) is 11.4 Å². The molecule has 12 heteroatoms. The molecule has 38 heavy (non-hydrogen) atoms. The number of alkyl carbamates (subject to hydrolysis) is 2. The van der Waals surface area contributed by atoms with E-state index in [2.05, 4.69) is 41.2 Å². The highest BCUT2D eigenvalue weighted by Crippen LogP contribution is 2.24. The van der Waals surface area contributed by atoms with E-state index >= 15 is 0 Å². The number of hydrogen-bond donors (Lipinski definition) is 4. The van der Waals surface area contributed by atoms with E-state index in [1.54, 1.807) is 40.3 Å². The van der Waals surface area contributed by atoms with Crippen LogP contribution in [0.4, 0.5) is 21.0 Å². The van der Waals surface area contributed by atoms with Crippen LogP contribution >= 0.6 is 0 Å². The highest BCUT2D eigenvalue weighted by molar-refractivity contribution is 6.02. The van der Waals surface area contributed by atoms with Crippen LogP contribution < -0.4 is 21.3 Å². The zero-order chi connectivity index (χ0) is 27.3. The molecule has 3 rings (SSSR count). The van der Waals surface area contributed by atoms with Crippen LogP contribution in [0.3, 0.4) is 0 Å². The molecule has 0 saturated heterocycles. The first-order valence-electron chi connectivity index (χ1n) is 11.8. The van der Waals surface area contributed by atoms with E-state index in [0.717, 1.165) is 22.5 Å². The average molecular weight is 519 g/mol. The fourth-order valence-electron chi connectivity index (χ4n) is 3.18. The quantitative estimate of drug-likeness (QED) is 0.281. The molecule has 0 unspecified atom stereocenters. The van der Waals surface area contributed by atoms with Crippen LogP contribution in [0.25, 0.3) is 22.5 Å².